The molecule has 0 aromatic heterocycles. The SMILES string of the molecule is Fc1ccc(Br)c(F)c1CNC1CCCOC1. The van der Waals surface area contributed by atoms with Crippen LogP contribution in [-0.2, 0) is 11.3 Å². The predicted octanol–water partition coefficient (Wildman–Crippen LogP) is 3.00. The molecule has 1 unspecified atom stereocenters. The Labute approximate surface area is 107 Å². The fourth-order valence-corrected chi connectivity index (χ4v) is 2.25. The molecule has 94 valence electrons. The van der Waals surface area contributed by atoms with Gasteiger partial charge in [0.15, 0.2) is 0 Å². The van der Waals surface area contributed by atoms with Gasteiger partial charge >= 0.3 is 0 Å². The number of halogens is 3. The first-order chi connectivity index (χ1) is 8.18. The van der Waals surface area contributed by atoms with Gasteiger partial charge in [0.25, 0.3) is 0 Å². The second kappa shape index (κ2) is 5.89. The van der Waals surface area contributed by atoms with Crippen LogP contribution in [0.1, 0.15) is 18.4 Å². The van der Waals surface area contributed by atoms with Crippen molar-refractivity contribution in [2.75, 3.05) is 13.2 Å². The molecule has 0 radical (unpaired) electrons. The number of nitrogens with one attached hydrogen (secondary N) is 1. The van der Waals surface area contributed by atoms with Gasteiger partial charge in [-0.25, -0.2) is 8.78 Å². The first-order valence-electron chi connectivity index (χ1n) is 5.62. The van der Waals surface area contributed by atoms with Crippen LogP contribution < -0.4 is 5.32 Å². The minimum Gasteiger partial charge on any atom is -0.380 e. The molecule has 2 nitrogen and oxygen atoms in total. The number of benzene rings is 1. The largest absolute Gasteiger partial charge is 0.380 e. The highest BCUT2D eigenvalue weighted by Gasteiger charge is 2.16. The van der Waals surface area contributed by atoms with Gasteiger partial charge in [0.1, 0.15) is 11.6 Å². The highest BCUT2D eigenvalue weighted by atomic mass is 79.9. The van der Waals surface area contributed by atoms with E-state index in [1.165, 1.54) is 12.1 Å². The van der Waals surface area contributed by atoms with Gasteiger partial charge in [0, 0.05) is 24.8 Å². The summed E-state index contributed by atoms with van der Waals surface area (Å²) >= 11 is 3.05. The van der Waals surface area contributed by atoms with Crippen molar-refractivity contribution in [2.45, 2.75) is 25.4 Å². The van der Waals surface area contributed by atoms with Crippen molar-refractivity contribution in [2.24, 2.45) is 0 Å². The molecule has 5 heteroatoms. The summed E-state index contributed by atoms with van der Waals surface area (Å²) in [6, 6.07) is 2.82. The molecule has 1 saturated heterocycles. The molecule has 0 amide bonds. The summed E-state index contributed by atoms with van der Waals surface area (Å²) in [6.07, 6.45) is 1.97. The van der Waals surface area contributed by atoms with Crippen molar-refractivity contribution in [3.05, 3.63) is 33.8 Å². The van der Waals surface area contributed by atoms with Crippen LogP contribution >= 0.6 is 15.9 Å². The minimum absolute atomic E-state index is 0.0740. The second-order valence-corrected chi connectivity index (χ2v) is 4.97. The molecular weight excluding hydrogens is 292 g/mol. The van der Waals surface area contributed by atoms with Gasteiger partial charge in [-0.1, -0.05) is 0 Å². The maximum atomic E-state index is 13.7. The predicted molar refractivity (Wildman–Crippen MR) is 64.7 cm³/mol. The zero-order valence-corrected chi connectivity index (χ0v) is 10.9. The molecule has 0 spiro atoms. The fourth-order valence-electron chi connectivity index (χ4n) is 1.88. The first-order valence-corrected chi connectivity index (χ1v) is 6.41. The average Bonchev–Trinajstić information content (AvgIpc) is 2.35. The van der Waals surface area contributed by atoms with Crippen LogP contribution in [0.3, 0.4) is 0 Å². The lowest BCUT2D eigenvalue weighted by Crippen LogP contribution is -2.36. The third kappa shape index (κ3) is 3.24. The molecule has 0 bridgehead atoms. The summed E-state index contributed by atoms with van der Waals surface area (Å²) in [5.74, 6) is -1.05. The lowest BCUT2D eigenvalue weighted by Gasteiger charge is -2.23. The van der Waals surface area contributed by atoms with E-state index in [2.05, 4.69) is 21.2 Å². The Morgan fingerprint density at radius 2 is 2.24 bits per heavy atom. The van der Waals surface area contributed by atoms with Crippen molar-refractivity contribution < 1.29 is 13.5 Å². The maximum Gasteiger partial charge on any atom is 0.144 e. The Balaban J connectivity index is 2.00. The number of hydrogen-bond donors (Lipinski definition) is 1. The molecule has 1 atom stereocenters. The lowest BCUT2D eigenvalue weighted by atomic mass is 10.1. The smallest absolute Gasteiger partial charge is 0.144 e. The first kappa shape index (κ1) is 12.9. The molecule has 1 aliphatic rings. The highest BCUT2D eigenvalue weighted by molar-refractivity contribution is 9.10. The topological polar surface area (TPSA) is 21.3 Å². The molecule has 2 rings (SSSR count). The average molecular weight is 306 g/mol. The van der Waals surface area contributed by atoms with Gasteiger partial charge in [-0.05, 0) is 40.9 Å². The van der Waals surface area contributed by atoms with E-state index >= 15 is 0 Å². The van der Waals surface area contributed by atoms with Crippen LogP contribution in [0.15, 0.2) is 16.6 Å². The van der Waals surface area contributed by atoms with E-state index in [9.17, 15) is 8.78 Å². The molecule has 1 aromatic carbocycles. The summed E-state index contributed by atoms with van der Waals surface area (Å²) in [5.41, 5.74) is 0.0740. The van der Waals surface area contributed by atoms with Crippen molar-refractivity contribution in [1.82, 2.24) is 5.32 Å². The third-order valence-corrected chi connectivity index (χ3v) is 3.48. The van der Waals surface area contributed by atoms with E-state index < -0.39 is 11.6 Å². The van der Waals surface area contributed by atoms with Gasteiger partial charge < -0.3 is 10.1 Å². The molecule has 17 heavy (non-hydrogen) atoms. The van der Waals surface area contributed by atoms with E-state index in [0.717, 1.165) is 19.4 Å². The number of hydrogen-bond acceptors (Lipinski definition) is 2. The Morgan fingerprint density at radius 1 is 1.41 bits per heavy atom. The van der Waals surface area contributed by atoms with E-state index in [0.29, 0.717) is 6.61 Å². The van der Waals surface area contributed by atoms with E-state index in [-0.39, 0.29) is 22.6 Å². The van der Waals surface area contributed by atoms with Gasteiger partial charge in [-0.2, -0.15) is 0 Å². The Kier molecular flexibility index (Phi) is 4.48. The normalized spacial score (nSPS) is 20.5. The zero-order valence-electron chi connectivity index (χ0n) is 9.31. The van der Waals surface area contributed by atoms with Crippen LogP contribution in [0, 0.1) is 11.6 Å². The standard InChI is InChI=1S/C12H14BrF2NO/c13-10-3-4-11(14)9(12(10)15)6-16-8-2-1-5-17-7-8/h3-4,8,16H,1-2,5-7H2. The third-order valence-electron chi connectivity index (χ3n) is 2.87. The van der Waals surface area contributed by atoms with Crippen LogP contribution in [0.4, 0.5) is 8.78 Å². The van der Waals surface area contributed by atoms with Crippen molar-refractivity contribution >= 4 is 15.9 Å². The number of ether oxygens (including phenoxy) is 1. The summed E-state index contributed by atoms with van der Waals surface area (Å²) in [4.78, 5) is 0. The maximum absolute atomic E-state index is 13.7. The quantitative estimate of drug-likeness (QED) is 0.867. The summed E-state index contributed by atoms with van der Waals surface area (Å²) in [5, 5.41) is 3.12. The van der Waals surface area contributed by atoms with Crippen molar-refractivity contribution in [3.63, 3.8) is 0 Å². The van der Waals surface area contributed by atoms with Crippen LogP contribution in [0.2, 0.25) is 0 Å². The number of rotatable bonds is 3. The van der Waals surface area contributed by atoms with Gasteiger partial charge in [0.2, 0.25) is 0 Å². The molecule has 0 saturated carbocycles. The van der Waals surface area contributed by atoms with Gasteiger partial charge in [-0.15, -0.1) is 0 Å². The molecule has 1 heterocycles. The molecule has 1 N–H and O–H groups in total. The molecule has 1 fully saturated rings. The molecule has 0 aliphatic carbocycles. The molecule has 1 aliphatic heterocycles. The summed E-state index contributed by atoms with van der Waals surface area (Å²) in [7, 11) is 0. The zero-order chi connectivity index (χ0) is 12.3. The van der Waals surface area contributed by atoms with Crippen molar-refractivity contribution in [1.29, 1.82) is 0 Å². The second-order valence-electron chi connectivity index (χ2n) is 4.12. The fraction of sp³-hybridized carbons (Fsp3) is 0.500. The van der Waals surface area contributed by atoms with Gasteiger partial charge in [-0.3, -0.25) is 0 Å². The van der Waals surface area contributed by atoms with E-state index in [1.54, 1.807) is 0 Å². The van der Waals surface area contributed by atoms with Crippen LogP contribution in [-0.4, -0.2) is 19.3 Å². The minimum atomic E-state index is -0.533. The van der Waals surface area contributed by atoms with Gasteiger partial charge in [0.05, 0.1) is 11.1 Å². The molecular formula is C12H14BrF2NO. The summed E-state index contributed by atoms with van der Waals surface area (Å²) in [6.45, 7) is 1.57. The lowest BCUT2D eigenvalue weighted by molar-refractivity contribution is 0.0697. The Hall–Kier alpha value is -0.520. The Bertz CT molecular complexity index is 394. The van der Waals surface area contributed by atoms with Crippen LogP contribution in [0.25, 0.3) is 0 Å². The van der Waals surface area contributed by atoms with Crippen molar-refractivity contribution in [3.8, 4) is 0 Å². The monoisotopic (exact) mass is 305 g/mol. The highest BCUT2D eigenvalue weighted by Crippen LogP contribution is 2.21. The molecule has 1 aromatic rings. The Morgan fingerprint density at radius 3 is 2.94 bits per heavy atom. The van der Waals surface area contributed by atoms with E-state index in [4.69, 9.17) is 4.74 Å². The summed E-state index contributed by atoms with van der Waals surface area (Å²) < 4.78 is 32.7. The van der Waals surface area contributed by atoms with E-state index in [1.807, 2.05) is 0 Å². The van der Waals surface area contributed by atoms with Crippen LogP contribution in [0.5, 0.6) is 0 Å².